The van der Waals surface area contributed by atoms with Gasteiger partial charge < -0.3 is 4.98 Å². The van der Waals surface area contributed by atoms with Crippen LogP contribution in [0.25, 0.3) is 10.9 Å². The highest BCUT2D eigenvalue weighted by Crippen LogP contribution is 2.36. The van der Waals surface area contributed by atoms with Crippen molar-refractivity contribution in [3.8, 4) is 0 Å². The smallest absolute Gasteiger partial charge is 0.358 e. The van der Waals surface area contributed by atoms with E-state index in [9.17, 15) is 21.6 Å². The summed E-state index contributed by atoms with van der Waals surface area (Å²) in [5.74, 6) is 0. The van der Waals surface area contributed by atoms with Crippen molar-refractivity contribution in [2.75, 3.05) is 0 Å². The molecule has 0 fully saturated rings. The second-order valence-electron chi connectivity index (χ2n) is 3.57. The lowest BCUT2D eigenvalue weighted by atomic mass is 10.2. The molecule has 0 aliphatic rings. The van der Waals surface area contributed by atoms with Gasteiger partial charge in [-0.2, -0.15) is 13.2 Å². The molecule has 17 heavy (non-hydrogen) atoms. The lowest BCUT2D eigenvalue weighted by molar-refractivity contribution is -0.0435. The van der Waals surface area contributed by atoms with Gasteiger partial charge in [-0.3, -0.25) is 0 Å². The van der Waals surface area contributed by atoms with Gasteiger partial charge in [-0.25, -0.2) is 8.42 Å². The van der Waals surface area contributed by atoms with Crippen molar-refractivity contribution in [3.63, 3.8) is 0 Å². The summed E-state index contributed by atoms with van der Waals surface area (Å²) in [5, 5.41) is 0.0577. The van der Waals surface area contributed by atoms with Crippen LogP contribution in [0.2, 0.25) is 0 Å². The maximum atomic E-state index is 12.5. The SMILES string of the molecule is Cc1[nH]c2ccccc2c1S(=O)(=O)C(F)(F)F. The molecule has 1 heterocycles. The van der Waals surface area contributed by atoms with Crippen LogP contribution < -0.4 is 0 Å². The molecule has 2 aromatic rings. The van der Waals surface area contributed by atoms with E-state index in [1.165, 1.54) is 25.1 Å². The maximum absolute atomic E-state index is 12.5. The van der Waals surface area contributed by atoms with Gasteiger partial charge >= 0.3 is 5.51 Å². The minimum absolute atomic E-state index is 0.0106. The summed E-state index contributed by atoms with van der Waals surface area (Å²) >= 11 is 0. The Morgan fingerprint density at radius 2 is 1.76 bits per heavy atom. The molecule has 0 aliphatic carbocycles. The van der Waals surface area contributed by atoms with Gasteiger partial charge in [0.05, 0.1) is 0 Å². The zero-order chi connectivity index (χ0) is 12.8. The molecular weight excluding hydrogens is 255 g/mol. The average Bonchev–Trinajstić information content (AvgIpc) is 2.51. The number of aromatic amines is 1. The van der Waals surface area contributed by atoms with E-state index in [4.69, 9.17) is 0 Å². The van der Waals surface area contributed by atoms with E-state index in [-0.39, 0.29) is 11.1 Å². The fourth-order valence-electron chi connectivity index (χ4n) is 1.71. The Bertz CT molecular complexity index is 670. The third kappa shape index (κ3) is 1.70. The Hall–Kier alpha value is -1.50. The molecule has 1 aromatic heterocycles. The molecule has 0 unspecified atom stereocenters. The Morgan fingerprint density at radius 1 is 1.18 bits per heavy atom. The van der Waals surface area contributed by atoms with Crippen LogP contribution in [-0.2, 0) is 9.84 Å². The van der Waals surface area contributed by atoms with E-state index in [1.807, 2.05) is 0 Å². The zero-order valence-corrected chi connectivity index (χ0v) is 9.48. The monoisotopic (exact) mass is 263 g/mol. The second kappa shape index (κ2) is 3.49. The van der Waals surface area contributed by atoms with Crippen molar-refractivity contribution in [2.45, 2.75) is 17.3 Å². The van der Waals surface area contributed by atoms with E-state index < -0.39 is 20.2 Å². The Labute approximate surface area is 95.2 Å². The number of fused-ring (bicyclic) bond motifs is 1. The summed E-state index contributed by atoms with van der Waals surface area (Å²) in [6.45, 7) is 1.30. The predicted octanol–water partition coefficient (Wildman–Crippen LogP) is 2.77. The first kappa shape index (κ1) is 12.0. The number of alkyl halides is 3. The third-order valence-corrected chi connectivity index (χ3v) is 4.08. The molecule has 0 atom stereocenters. The van der Waals surface area contributed by atoms with Crippen molar-refractivity contribution in [2.24, 2.45) is 0 Å². The number of rotatable bonds is 1. The lowest BCUT2D eigenvalue weighted by Gasteiger charge is -2.07. The number of hydrogen-bond donors (Lipinski definition) is 1. The van der Waals surface area contributed by atoms with Gasteiger partial charge in [-0.15, -0.1) is 0 Å². The first-order valence-electron chi connectivity index (χ1n) is 4.64. The van der Waals surface area contributed by atoms with Crippen LogP contribution in [0.5, 0.6) is 0 Å². The number of benzene rings is 1. The number of halogens is 3. The fraction of sp³-hybridized carbons (Fsp3) is 0.200. The first-order valence-corrected chi connectivity index (χ1v) is 6.12. The van der Waals surface area contributed by atoms with Crippen LogP contribution in [-0.4, -0.2) is 18.9 Å². The normalized spacial score (nSPS) is 13.2. The molecule has 0 saturated carbocycles. The fourth-order valence-corrected chi connectivity index (χ4v) is 2.87. The van der Waals surface area contributed by atoms with E-state index in [1.54, 1.807) is 6.07 Å². The van der Waals surface area contributed by atoms with E-state index in [0.29, 0.717) is 5.52 Å². The molecule has 0 aliphatic heterocycles. The van der Waals surface area contributed by atoms with E-state index in [0.717, 1.165) is 0 Å². The van der Waals surface area contributed by atoms with Gasteiger partial charge in [0, 0.05) is 16.6 Å². The Morgan fingerprint density at radius 3 is 2.35 bits per heavy atom. The Balaban J connectivity index is 2.85. The average molecular weight is 263 g/mol. The molecule has 0 spiro atoms. The number of para-hydroxylation sites is 1. The molecule has 3 nitrogen and oxygen atoms in total. The molecule has 92 valence electrons. The Kier molecular flexibility index (Phi) is 2.46. The number of aromatic nitrogens is 1. The summed E-state index contributed by atoms with van der Waals surface area (Å²) in [7, 11) is -5.32. The predicted molar refractivity (Wildman–Crippen MR) is 56.3 cm³/mol. The summed E-state index contributed by atoms with van der Waals surface area (Å²) in [5.41, 5.74) is -4.93. The number of nitrogens with one attached hydrogen (secondary N) is 1. The molecule has 0 amide bonds. The standard InChI is InChI=1S/C10H8F3NO2S/c1-6-9(17(15,16)10(11,12)13)7-4-2-3-5-8(7)14-6/h2-5,14H,1H3. The van der Waals surface area contributed by atoms with Crippen LogP contribution in [0.15, 0.2) is 29.2 Å². The van der Waals surface area contributed by atoms with Crippen molar-refractivity contribution in [1.29, 1.82) is 0 Å². The number of aryl methyl sites for hydroxylation is 1. The number of hydrogen-bond acceptors (Lipinski definition) is 2. The minimum atomic E-state index is -5.32. The van der Waals surface area contributed by atoms with Crippen molar-refractivity contribution in [3.05, 3.63) is 30.0 Å². The molecule has 0 radical (unpaired) electrons. The molecular formula is C10H8F3NO2S. The van der Waals surface area contributed by atoms with Crippen LogP contribution in [0.1, 0.15) is 5.69 Å². The quantitative estimate of drug-likeness (QED) is 0.860. The molecule has 1 aromatic carbocycles. The number of H-pyrrole nitrogens is 1. The minimum Gasteiger partial charge on any atom is -0.358 e. The van der Waals surface area contributed by atoms with Gasteiger partial charge in [-0.1, -0.05) is 18.2 Å². The van der Waals surface area contributed by atoms with Crippen molar-refractivity contribution >= 4 is 20.7 Å². The second-order valence-corrected chi connectivity index (χ2v) is 5.45. The van der Waals surface area contributed by atoms with Gasteiger partial charge in [0.15, 0.2) is 0 Å². The van der Waals surface area contributed by atoms with Gasteiger partial charge in [0.1, 0.15) is 4.90 Å². The summed E-state index contributed by atoms with van der Waals surface area (Å²) in [4.78, 5) is 1.93. The third-order valence-electron chi connectivity index (χ3n) is 2.41. The highest BCUT2D eigenvalue weighted by atomic mass is 32.2. The largest absolute Gasteiger partial charge is 0.502 e. The topological polar surface area (TPSA) is 49.9 Å². The maximum Gasteiger partial charge on any atom is 0.502 e. The molecule has 0 saturated heterocycles. The summed E-state index contributed by atoms with van der Waals surface area (Å²) in [6.07, 6.45) is 0. The first-order chi connectivity index (χ1) is 7.75. The highest BCUT2D eigenvalue weighted by molar-refractivity contribution is 7.92. The molecule has 2 rings (SSSR count). The van der Waals surface area contributed by atoms with Crippen LogP contribution in [0, 0.1) is 6.92 Å². The van der Waals surface area contributed by atoms with Gasteiger partial charge in [0.2, 0.25) is 0 Å². The van der Waals surface area contributed by atoms with Crippen molar-refractivity contribution in [1.82, 2.24) is 4.98 Å². The summed E-state index contributed by atoms with van der Waals surface area (Å²) in [6, 6.07) is 5.97. The van der Waals surface area contributed by atoms with Crippen LogP contribution in [0.3, 0.4) is 0 Å². The number of sulfone groups is 1. The van der Waals surface area contributed by atoms with Gasteiger partial charge in [-0.05, 0) is 13.0 Å². The zero-order valence-electron chi connectivity index (χ0n) is 8.67. The van der Waals surface area contributed by atoms with Crippen LogP contribution >= 0.6 is 0 Å². The summed E-state index contributed by atoms with van der Waals surface area (Å²) < 4.78 is 60.3. The van der Waals surface area contributed by atoms with Crippen molar-refractivity contribution < 1.29 is 21.6 Å². The van der Waals surface area contributed by atoms with Gasteiger partial charge in [0.25, 0.3) is 9.84 Å². The molecule has 7 heteroatoms. The van der Waals surface area contributed by atoms with Crippen LogP contribution in [0.4, 0.5) is 13.2 Å². The molecule has 0 bridgehead atoms. The lowest BCUT2D eigenvalue weighted by Crippen LogP contribution is -2.23. The highest BCUT2D eigenvalue weighted by Gasteiger charge is 2.48. The molecule has 1 N–H and O–H groups in total. The van der Waals surface area contributed by atoms with E-state index in [2.05, 4.69) is 4.98 Å². The van der Waals surface area contributed by atoms with E-state index >= 15 is 0 Å².